The van der Waals surface area contributed by atoms with Gasteiger partial charge in [0.1, 0.15) is 11.5 Å². The highest BCUT2D eigenvalue weighted by Crippen LogP contribution is 2.18. The lowest BCUT2D eigenvalue weighted by Crippen LogP contribution is -2.38. The molecule has 0 radical (unpaired) electrons. The third kappa shape index (κ3) is 10.4. The third-order valence-electron chi connectivity index (χ3n) is 4.68. The summed E-state index contributed by atoms with van der Waals surface area (Å²) < 4.78 is 22.1. The number of nitrogens with one attached hydrogen (secondary N) is 2. The van der Waals surface area contributed by atoms with Crippen LogP contribution >= 0.6 is 0 Å². The molecule has 2 N–H and O–H groups in total. The van der Waals surface area contributed by atoms with Crippen LogP contribution in [0.4, 0.5) is 0 Å². The van der Waals surface area contributed by atoms with E-state index in [0.29, 0.717) is 19.1 Å². The molecule has 1 aliphatic heterocycles. The maximum atomic E-state index is 5.81. The smallest absolute Gasteiger partial charge is 0.191 e. The van der Waals surface area contributed by atoms with Gasteiger partial charge in [0.15, 0.2) is 5.96 Å². The molecule has 1 heterocycles. The maximum Gasteiger partial charge on any atom is 0.191 e. The van der Waals surface area contributed by atoms with Gasteiger partial charge < -0.3 is 29.6 Å². The molecule has 1 aliphatic rings. The van der Waals surface area contributed by atoms with Crippen molar-refractivity contribution in [2.24, 2.45) is 10.9 Å². The van der Waals surface area contributed by atoms with E-state index in [-0.39, 0.29) is 0 Å². The minimum atomic E-state index is 0.621. The van der Waals surface area contributed by atoms with Gasteiger partial charge in [-0.2, -0.15) is 0 Å². The maximum absolute atomic E-state index is 5.81. The number of nitrogens with zero attached hydrogens (tertiary/aromatic N) is 1. The van der Waals surface area contributed by atoms with Crippen molar-refractivity contribution in [1.82, 2.24) is 10.6 Å². The first-order valence-corrected chi connectivity index (χ1v) is 10.8. The second-order valence-electron chi connectivity index (χ2n) is 7.05. The Morgan fingerprint density at radius 1 is 1.14 bits per heavy atom. The van der Waals surface area contributed by atoms with Crippen LogP contribution in [0.25, 0.3) is 0 Å². The number of methoxy groups -OCH3 is 1. The second-order valence-corrected chi connectivity index (χ2v) is 7.05. The minimum absolute atomic E-state index is 0.621. The van der Waals surface area contributed by atoms with Crippen LogP contribution < -0.4 is 20.1 Å². The SMILES string of the molecule is CCNC(=NCCCOc1cccc(OC)c1)NCCCOCC1CCOCC1. The molecule has 1 saturated heterocycles. The lowest BCUT2D eigenvalue weighted by atomic mass is 10.0. The van der Waals surface area contributed by atoms with Gasteiger partial charge in [-0.3, -0.25) is 4.99 Å². The lowest BCUT2D eigenvalue weighted by molar-refractivity contribution is 0.0203. The van der Waals surface area contributed by atoms with E-state index in [4.69, 9.17) is 18.9 Å². The molecule has 29 heavy (non-hydrogen) atoms. The Bertz CT molecular complexity index is 577. The predicted octanol–water partition coefficient (Wildman–Crippen LogP) is 2.85. The summed E-state index contributed by atoms with van der Waals surface area (Å²) in [6, 6.07) is 7.65. The van der Waals surface area contributed by atoms with Gasteiger partial charge in [0.2, 0.25) is 0 Å². The molecule has 1 fully saturated rings. The fraction of sp³-hybridized carbons (Fsp3) is 0.682. The normalized spacial score (nSPS) is 15.2. The number of aliphatic imine (C=N–C) groups is 1. The van der Waals surface area contributed by atoms with Crippen molar-refractivity contribution < 1.29 is 18.9 Å². The van der Waals surface area contributed by atoms with Crippen LogP contribution in [-0.4, -0.2) is 65.7 Å². The monoisotopic (exact) mass is 407 g/mol. The van der Waals surface area contributed by atoms with E-state index in [1.165, 1.54) is 0 Å². The summed E-state index contributed by atoms with van der Waals surface area (Å²) in [6.07, 6.45) is 4.06. The fourth-order valence-electron chi connectivity index (χ4n) is 3.02. The molecule has 1 aromatic carbocycles. The van der Waals surface area contributed by atoms with E-state index >= 15 is 0 Å². The summed E-state index contributed by atoms with van der Waals surface area (Å²) in [6.45, 7) is 8.47. The first kappa shape index (κ1) is 23.3. The number of ether oxygens (including phenoxy) is 4. The van der Waals surface area contributed by atoms with Crippen molar-refractivity contribution >= 4 is 5.96 Å². The average molecular weight is 408 g/mol. The standard InChI is InChI=1S/C22H37N3O4/c1-3-23-22(24-11-5-13-28-18-19-9-15-27-16-10-19)25-12-6-14-29-21-8-4-7-20(17-21)26-2/h4,7-8,17,19H,3,5-6,9-16,18H2,1-2H3,(H2,23,24,25). The van der Waals surface area contributed by atoms with Gasteiger partial charge in [-0.05, 0) is 44.2 Å². The van der Waals surface area contributed by atoms with Crippen molar-refractivity contribution in [2.75, 3.05) is 59.8 Å². The van der Waals surface area contributed by atoms with E-state index < -0.39 is 0 Å². The molecule has 0 unspecified atom stereocenters. The summed E-state index contributed by atoms with van der Waals surface area (Å²) in [5, 5.41) is 6.64. The molecule has 1 aromatic rings. The van der Waals surface area contributed by atoms with Gasteiger partial charge in [0.05, 0.1) is 13.7 Å². The average Bonchev–Trinajstić information content (AvgIpc) is 2.76. The van der Waals surface area contributed by atoms with Crippen LogP contribution in [0.2, 0.25) is 0 Å². The van der Waals surface area contributed by atoms with E-state index in [1.54, 1.807) is 7.11 Å². The molecular formula is C22H37N3O4. The Balaban J connectivity index is 1.54. The first-order chi connectivity index (χ1) is 14.3. The topological polar surface area (TPSA) is 73.3 Å². The Morgan fingerprint density at radius 3 is 2.76 bits per heavy atom. The summed E-state index contributed by atoms with van der Waals surface area (Å²) in [4.78, 5) is 4.60. The van der Waals surface area contributed by atoms with E-state index in [0.717, 1.165) is 82.7 Å². The lowest BCUT2D eigenvalue weighted by Gasteiger charge is -2.21. The highest BCUT2D eigenvalue weighted by Gasteiger charge is 2.13. The van der Waals surface area contributed by atoms with Crippen molar-refractivity contribution in [3.8, 4) is 11.5 Å². The number of hydrogen-bond donors (Lipinski definition) is 2. The molecular weight excluding hydrogens is 370 g/mol. The number of rotatable bonds is 13. The zero-order chi connectivity index (χ0) is 20.6. The molecule has 0 bridgehead atoms. The first-order valence-electron chi connectivity index (χ1n) is 10.8. The summed E-state index contributed by atoms with van der Waals surface area (Å²) in [5.74, 6) is 3.13. The van der Waals surface area contributed by atoms with Crippen molar-refractivity contribution in [2.45, 2.75) is 32.6 Å². The van der Waals surface area contributed by atoms with Gasteiger partial charge >= 0.3 is 0 Å². The quantitative estimate of drug-likeness (QED) is 0.298. The largest absolute Gasteiger partial charge is 0.497 e. The van der Waals surface area contributed by atoms with E-state index in [2.05, 4.69) is 22.5 Å². The molecule has 0 saturated carbocycles. The highest BCUT2D eigenvalue weighted by molar-refractivity contribution is 5.79. The molecule has 2 rings (SSSR count). The molecule has 0 amide bonds. The second kappa shape index (κ2) is 14.9. The van der Waals surface area contributed by atoms with Crippen molar-refractivity contribution in [3.63, 3.8) is 0 Å². The van der Waals surface area contributed by atoms with Gasteiger partial charge in [-0.1, -0.05) is 6.07 Å². The molecule has 0 aliphatic carbocycles. The molecule has 0 aromatic heterocycles. The van der Waals surface area contributed by atoms with Gasteiger partial charge in [-0.15, -0.1) is 0 Å². The van der Waals surface area contributed by atoms with Gasteiger partial charge in [0, 0.05) is 58.5 Å². The zero-order valence-electron chi connectivity index (χ0n) is 18.0. The van der Waals surface area contributed by atoms with Crippen molar-refractivity contribution in [3.05, 3.63) is 24.3 Å². The van der Waals surface area contributed by atoms with Crippen LogP contribution in [0.1, 0.15) is 32.6 Å². The molecule has 0 spiro atoms. The summed E-state index contributed by atoms with van der Waals surface area (Å²) in [5.41, 5.74) is 0. The molecule has 7 nitrogen and oxygen atoms in total. The highest BCUT2D eigenvalue weighted by atomic mass is 16.5. The Labute approximate surface area is 175 Å². The van der Waals surface area contributed by atoms with Crippen LogP contribution in [-0.2, 0) is 9.47 Å². The van der Waals surface area contributed by atoms with E-state index in [9.17, 15) is 0 Å². The van der Waals surface area contributed by atoms with Gasteiger partial charge in [-0.25, -0.2) is 0 Å². The van der Waals surface area contributed by atoms with Crippen LogP contribution in [0.5, 0.6) is 11.5 Å². The zero-order valence-corrected chi connectivity index (χ0v) is 18.0. The fourth-order valence-corrected chi connectivity index (χ4v) is 3.02. The minimum Gasteiger partial charge on any atom is -0.497 e. The molecule has 164 valence electrons. The van der Waals surface area contributed by atoms with Crippen molar-refractivity contribution in [1.29, 1.82) is 0 Å². The number of benzene rings is 1. The Hall–Kier alpha value is -1.99. The predicted molar refractivity (Wildman–Crippen MR) is 116 cm³/mol. The third-order valence-corrected chi connectivity index (χ3v) is 4.68. The Kier molecular flexibility index (Phi) is 12.0. The summed E-state index contributed by atoms with van der Waals surface area (Å²) >= 11 is 0. The van der Waals surface area contributed by atoms with E-state index in [1.807, 2.05) is 24.3 Å². The number of guanidine groups is 1. The van der Waals surface area contributed by atoms with Crippen LogP contribution in [0, 0.1) is 5.92 Å². The van der Waals surface area contributed by atoms with Gasteiger partial charge in [0.25, 0.3) is 0 Å². The number of hydrogen-bond acceptors (Lipinski definition) is 5. The summed E-state index contributed by atoms with van der Waals surface area (Å²) in [7, 11) is 1.65. The Morgan fingerprint density at radius 2 is 1.97 bits per heavy atom. The molecule has 0 atom stereocenters. The molecule has 7 heteroatoms. The van der Waals surface area contributed by atoms with Crippen LogP contribution in [0.3, 0.4) is 0 Å². The van der Waals surface area contributed by atoms with Crippen LogP contribution in [0.15, 0.2) is 29.3 Å².